The van der Waals surface area contributed by atoms with E-state index in [2.05, 4.69) is 36.4 Å². The molecule has 0 radical (unpaired) electrons. The Morgan fingerprint density at radius 3 is 1.84 bits per heavy atom. The van der Waals surface area contributed by atoms with Crippen LogP contribution in [0.2, 0.25) is 0 Å². The van der Waals surface area contributed by atoms with Gasteiger partial charge in [-0.1, -0.05) is 60.7 Å². The maximum Gasteiger partial charge on any atom is 0.218 e. The number of fused-ring (bicyclic) bond motifs is 2. The van der Waals surface area contributed by atoms with Gasteiger partial charge in [0.05, 0.1) is 0 Å². The molecule has 2 nitrogen and oxygen atoms in total. The number of primary amides is 1. The van der Waals surface area contributed by atoms with Crippen LogP contribution in [0.15, 0.2) is 48.5 Å². The van der Waals surface area contributed by atoms with Gasteiger partial charge in [-0.3, -0.25) is 4.79 Å². The minimum absolute atomic E-state index is 0.0416. The molecule has 3 rings (SSSR count). The summed E-state index contributed by atoms with van der Waals surface area (Å²) in [4.78, 5) is 11.4. The summed E-state index contributed by atoms with van der Waals surface area (Å²) in [6.45, 7) is 0. The molecular formula is C17H15NO. The molecule has 1 amide bonds. The fourth-order valence-corrected chi connectivity index (χ4v) is 2.73. The average Bonchev–Trinajstić information content (AvgIpc) is 2.57. The normalized spacial score (nSPS) is 13.5. The van der Waals surface area contributed by atoms with Gasteiger partial charge in [-0.25, -0.2) is 0 Å². The van der Waals surface area contributed by atoms with E-state index < -0.39 is 0 Å². The smallest absolute Gasteiger partial charge is 0.218 e. The Hall–Kier alpha value is -2.35. The van der Waals surface area contributed by atoms with Crippen LogP contribution in [0.1, 0.15) is 34.6 Å². The highest BCUT2D eigenvalue weighted by Gasteiger charge is 2.22. The van der Waals surface area contributed by atoms with Crippen LogP contribution in [0.25, 0.3) is 12.2 Å². The first-order chi connectivity index (χ1) is 9.25. The molecule has 0 fully saturated rings. The Bertz CT molecular complexity index is 608. The van der Waals surface area contributed by atoms with Crippen molar-refractivity contribution in [3.63, 3.8) is 0 Å². The fourth-order valence-electron chi connectivity index (χ4n) is 2.73. The third-order valence-electron chi connectivity index (χ3n) is 3.59. The molecule has 0 aliphatic heterocycles. The molecule has 19 heavy (non-hydrogen) atoms. The second-order valence-corrected chi connectivity index (χ2v) is 4.81. The first-order valence-electron chi connectivity index (χ1n) is 6.40. The van der Waals surface area contributed by atoms with Gasteiger partial charge in [0.15, 0.2) is 0 Å². The van der Waals surface area contributed by atoms with E-state index in [9.17, 15) is 4.79 Å². The zero-order valence-electron chi connectivity index (χ0n) is 10.5. The van der Waals surface area contributed by atoms with Crippen molar-refractivity contribution in [2.75, 3.05) is 0 Å². The van der Waals surface area contributed by atoms with Crippen LogP contribution >= 0.6 is 0 Å². The van der Waals surface area contributed by atoms with Gasteiger partial charge in [0.1, 0.15) is 0 Å². The van der Waals surface area contributed by atoms with Gasteiger partial charge in [-0.2, -0.15) is 0 Å². The lowest BCUT2D eigenvalue weighted by Gasteiger charge is -2.18. The third kappa shape index (κ3) is 2.17. The lowest BCUT2D eigenvalue weighted by atomic mass is 9.85. The van der Waals surface area contributed by atoms with E-state index >= 15 is 0 Å². The quantitative estimate of drug-likeness (QED) is 0.872. The fraction of sp³-hybridized carbons (Fsp3) is 0.118. The monoisotopic (exact) mass is 249 g/mol. The molecule has 2 aromatic carbocycles. The number of rotatable bonds is 2. The van der Waals surface area contributed by atoms with Gasteiger partial charge in [0.2, 0.25) is 5.91 Å². The molecule has 0 bridgehead atoms. The van der Waals surface area contributed by atoms with Gasteiger partial charge in [-0.05, 0) is 22.3 Å². The van der Waals surface area contributed by atoms with E-state index in [1.54, 1.807) is 0 Å². The van der Waals surface area contributed by atoms with Crippen molar-refractivity contribution in [2.45, 2.75) is 12.3 Å². The lowest BCUT2D eigenvalue weighted by Crippen LogP contribution is -2.17. The van der Waals surface area contributed by atoms with E-state index in [0.29, 0.717) is 6.42 Å². The standard InChI is InChI=1S/C17H15NO/c18-17(19)11-16-14-7-3-1-5-12(14)9-10-13-6-2-4-8-15(13)16/h1-10,16H,11H2,(H2,18,19). The van der Waals surface area contributed by atoms with Crippen LogP contribution in [-0.2, 0) is 4.79 Å². The largest absolute Gasteiger partial charge is 0.370 e. The topological polar surface area (TPSA) is 43.1 Å². The second kappa shape index (κ2) is 4.73. The summed E-state index contributed by atoms with van der Waals surface area (Å²) < 4.78 is 0. The van der Waals surface area contributed by atoms with Crippen molar-refractivity contribution in [1.82, 2.24) is 0 Å². The summed E-state index contributed by atoms with van der Waals surface area (Å²) in [5.74, 6) is -0.226. The van der Waals surface area contributed by atoms with E-state index in [1.165, 1.54) is 11.1 Å². The van der Waals surface area contributed by atoms with Gasteiger partial charge < -0.3 is 5.73 Å². The SMILES string of the molecule is NC(=O)CC1c2ccccc2C=Cc2ccccc21. The molecule has 2 N–H and O–H groups in total. The molecule has 2 aromatic rings. The van der Waals surface area contributed by atoms with Crippen molar-refractivity contribution in [1.29, 1.82) is 0 Å². The second-order valence-electron chi connectivity index (χ2n) is 4.81. The molecule has 0 unspecified atom stereocenters. The Morgan fingerprint density at radius 2 is 1.37 bits per heavy atom. The first kappa shape index (κ1) is 11.7. The molecule has 94 valence electrons. The predicted octanol–water partition coefficient (Wildman–Crippen LogP) is 3.18. The van der Waals surface area contributed by atoms with Crippen LogP contribution < -0.4 is 5.73 Å². The predicted molar refractivity (Wildman–Crippen MR) is 77.5 cm³/mol. The van der Waals surface area contributed by atoms with Crippen molar-refractivity contribution in [3.05, 3.63) is 70.8 Å². The molecule has 0 heterocycles. The summed E-state index contributed by atoms with van der Waals surface area (Å²) in [5, 5.41) is 0. The van der Waals surface area contributed by atoms with Gasteiger partial charge >= 0.3 is 0 Å². The van der Waals surface area contributed by atoms with Gasteiger partial charge in [0.25, 0.3) is 0 Å². The molecule has 0 aromatic heterocycles. The average molecular weight is 249 g/mol. The summed E-state index contributed by atoms with van der Waals surface area (Å²) in [6.07, 6.45) is 4.56. The Morgan fingerprint density at radius 1 is 0.895 bits per heavy atom. The van der Waals surface area contributed by atoms with E-state index in [4.69, 9.17) is 5.73 Å². The van der Waals surface area contributed by atoms with Crippen molar-refractivity contribution >= 4 is 18.1 Å². The molecule has 0 saturated carbocycles. The molecule has 0 saturated heterocycles. The number of amides is 1. The highest BCUT2D eigenvalue weighted by atomic mass is 16.1. The number of hydrogen-bond donors (Lipinski definition) is 1. The van der Waals surface area contributed by atoms with Gasteiger partial charge in [0, 0.05) is 12.3 Å². The number of carbonyl (C=O) groups excluding carboxylic acids is 1. The van der Waals surface area contributed by atoms with Crippen LogP contribution in [0.5, 0.6) is 0 Å². The van der Waals surface area contributed by atoms with Crippen molar-refractivity contribution in [3.8, 4) is 0 Å². The molecule has 2 heteroatoms. The summed E-state index contributed by atoms with van der Waals surface area (Å²) >= 11 is 0. The summed E-state index contributed by atoms with van der Waals surface area (Å²) in [7, 11) is 0. The Kier molecular flexibility index (Phi) is 2.92. The third-order valence-corrected chi connectivity index (χ3v) is 3.59. The molecule has 0 atom stereocenters. The number of nitrogens with two attached hydrogens (primary N) is 1. The van der Waals surface area contributed by atoms with Crippen LogP contribution in [0, 0.1) is 0 Å². The summed E-state index contributed by atoms with van der Waals surface area (Å²) in [5.41, 5.74) is 10.1. The van der Waals surface area contributed by atoms with E-state index in [1.807, 2.05) is 24.3 Å². The van der Waals surface area contributed by atoms with Crippen LogP contribution in [0.4, 0.5) is 0 Å². The molecular weight excluding hydrogens is 234 g/mol. The van der Waals surface area contributed by atoms with Crippen molar-refractivity contribution < 1.29 is 4.79 Å². The van der Waals surface area contributed by atoms with Crippen LogP contribution in [0.3, 0.4) is 0 Å². The number of carbonyl (C=O) groups is 1. The Labute approximate surface area is 112 Å². The molecule has 0 spiro atoms. The number of benzene rings is 2. The van der Waals surface area contributed by atoms with E-state index in [0.717, 1.165) is 11.1 Å². The number of hydrogen-bond acceptors (Lipinski definition) is 1. The highest BCUT2D eigenvalue weighted by molar-refractivity contribution is 5.80. The first-order valence-corrected chi connectivity index (χ1v) is 6.40. The van der Waals surface area contributed by atoms with Gasteiger partial charge in [-0.15, -0.1) is 0 Å². The molecule has 1 aliphatic rings. The zero-order valence-corrected chi connectivity index (χ0v) is 10.5. The minimum Gasteiger partial charge on any atom is -0.370 e. The Balaban J connectivity index is 2.21. The summed E-state index contributed by atoms with van der Waals surface area (Å²) in [6, 6.07) is 16.4. The maximum atomic E-state index is 11.4. The molecule has 1 aliphatic carbocycles. The minimum atomic E-state index is -0.267. The lowest BCUT2D eigenvalue weighted by molar-refractivity contribution is -0.118. The van der Waals surface area contributed by atoms with E-state index in [-0.39, 0.29) is 11.8 Å². The highest BCUT2D eigenvalue weighted by Crippen LogP contribution is 2.36. The zero-order chi connectivity index (χ0) is 13.2. The maximum absolute atomic E-state index is 11.4. The van der Waals surface area contributed by atoms with Crippen LogP contribution in [-0.4, -0.2) is 5.91 Å². The van der Waals surface area contributed by atoms with Crippen molar-refractivity contribution in [2.24, 2.45) is 5.73 Å².